The molecule has 1 aromatic heterocycles. The normalized spacial score (nSPS) is 11.4. The highest BCUT2D eigenvalue weighted by atomic mass is 79.9. The molecule has 4 rings (SSSR count). The Morgan fingerprint density at radius 2 is 1.00 bits per heavy atom. The number of aromatic nitrogens is 1. The van der Waals surface area contributed by atoms with Gasteiger partial charge in [0.2, 0.25) is 0 Å². The maximum atomic E-state index is 3.58. The second-order valence-electron chi connectivity index (χ2n) is 5.13. The van der Waals surface area contributed by atoms with Crippen molar-refractivity contribution in [3.8, 4) is 5.69 Å². The summed E-state index contributed by atoms with van der Waals surface area (Å²) in [5, 5.41) is 2.49. The van der Waals surface area contributed by atoms with E-state index in [1.54, 1.807) is 0 Å². The Balaban J connectivity index is 2.17. The quantitative estimate of drug-likeness (QED) is 0.275. The lowest BCUT2D eigenvalue weighted by atomic mass is 10.2. The van der Waals surface area contributed by atoms with Crippen LogP contribution in [0.1, 0.15) is 0 Å². The second-order valence-corrected chi connectivity index (χ2v) is 7.88. The smallest absolute Gasteiger partial charge is 0.0541 e. The van der Waals surface area contributed by atoms with Crippen LogP contribution in [-0.4, -0.2) is 4.57 Å². The van der Waals surface area contributed by atoms with Gasteiger partial charge in [0, 0.05) is 29.9 Å². The highest BCUT2D eigenvalue weighted by molar-refractivity contribution is 9.11. The third-order valence-electron chi connectivity index (χ3n) is 3.77. The van der Waals surface area contributed by atoms with Crippen molar-refractivity contribution in [1.29, 1.82) is 0 Å². The van der Waals surface area contributed by atoms with Gasteiger partial charge in [0.05, 0.1) is 11.0 Å². The van der Waals surface area contributed by atoms with E-state index in [1.165, 1.54) is 21.8 Å². The fraction of sp³-hybridized carbons (Fsp3) is 0. The highest BCUT2D eigenvalue weighted by Crippen LogP contribution is 2.35. The summed E-state index contributed by atoms with van der Waals surface area (Å²) in [7, 11) is 0. The van der Waals surface area contributed by atoms with Crippen LogP contribution in [0.25, 0.3) is 27.5 Å². The first-order valence-corrected chi connectivity index (χ1v) is 9.16. The van der Waals surface area contributed by atoms with Gasteiger partial charge in [0.25, 0.3) is 0 Å². The molecule has 0 radical (unpaired) electrons. The van der Waals surface area contributed by atoms with E-state index in [-0.39, 0.29) is 0 Å². The predicted octanol–water partition coefficient (Wildman–Crippen LogP) is 7.07. The lowest BCUT2D eigenvalue weighted by molar-refractivity contribution is 1.18. The van der Waals surface area contributed by atoms with E-state index in [0.29, 0.717) is 0 Å². The highest BCUT2D eigenvalue weighted by Gasteiger charge is 2.12. The fourth-order valence-corrected chi connectivity index (χ4v) is 3.82. The van der Waals surface area contributed by atoms with Gasteiger partial charge in [-0.25, -0.2) is 0 Å². The zero-order valence-corrected chi connectivity index (χ0v) is 16.1. The Morgan fingerprint density at radius 1 is 0.545 bits per heavy atom. The van der Waals surface area contributed by atoms with Gasteiger partial charge in [-0.05, 0) is 60.7 Å². The maximum Gasteiger partial charge on any atom is 0.0541 e. The van der Waals surface area contributed by atoms with E-state index in [1.807, 2.05) is 0 Å². The minimum atomic E-state index is 1.09. The number of rotatable bonds is 1. The average Bonchev–Trinajstić information content (AvgIpc) is 2.81. The van der Waals surface area contributed by atoms with Crippen LogP contribution in [0, 0.1) is 0 Å². The summed E-state index contributed by atoms with van der Waals surface area (Å²) in [6.07, 6.45) is 0. The van der Waals surface area contributed by atoms with Crippen molar-refractivity contribution in [3.63, 3.8) is 0 Å². The van der Waals surface area contributed by atoms with Crippen LogP contribution in [0.15, 0.2) is 74.1 Å². The Labute approximate surface area is 153 Å². The molecule has 0 spiro atoms. The molecule has 0 aliphatic carbocycles. The van der Waals surface area contributed by atoms with Crippen LogP contribution in [0.2, 0.25) is 0 Å². The number of hydrogen-bond donors (Lipinski definition) is 0. The molecule has 0 atom stereocenters. The number of hydrogen-bond acceptors (Lipinski definition) is 0. The van der Waals surface area contributed by atoms with Crippen molar-refractivity contribution in [2.24, 2.45) is 0 Å². The summed E-state index contributed by atoms with van der Waals surface area (Å²) in [5.74, 6) is 0. The summed E-state index contributed by atoms with van der Waals surface area (Å²) in [6, 6.07) is 21.3. The fourth-order valence-electron chi connectivity index (χ4n) is 2.84. The van der Waals surface area contributed by atoms with Crippen molar-refractivity contribution in [1.82, 2.24) is 4.57 Å². The first kappa shape index (κ1) is 14.5. The molecule has 0 aliphatic rings. The standard InChI is InChI=1S/C18H10Br3N/c19-11-1-5-14(6-2-11)22-17-7-3-12(20)9-15(17)16-10-13(21)4-8-18(16)22/h1-10H. The molecule has 108 valence electrons. The number of halogens is 3. The Kier molecular flexibility index (Phi) is 3.63. The lowest BCUT2D eigenvalue weighted by Gasteiger charge is -2.08. The van der Waals surface area contributed by atoms with Crippen molar-refractivity contribution < 1.29 is 0 Å². The zero-order chi connectivity index (χ0) is 15.3. The van der Waals surface area contributed by atoms with E-state index >= 15 is 0 Å². The first-order chi connectivity index (χ1) is 10.6. The summed E-state index contributed by atoms with van der Waals surface area (Å²) in [6.45, 7) is 0. The minimum Gasteiger partial charge on any atom is -0.309 e. The Bertz CT molecular complexity index is 941. The molecule has 0 N–H and O–H groups in total. The molecule has 0 fully saturated rings. The van der Waals surface area contributed by atoms with E-state index < -0.39 is 0 Å². The van der Waals surface area contributed by atoms with Gasteiger partial charge in [-0.15, -0.1) is 0 Å². The molecule has 0 unspecified atom stereocenters. The van der Waals surface area contributed by atoms with E-state index in [4.69, 9.17) is 0 Å². The lowest BCUT2D eigenvalue weighted by Crippen LogP contribution is -1.93. The molecule has 4 heteroatoms. The third-order valence-corrected chi connectivity index (χ3v) is 5.29. The second kappa shape index (κ2) is 5.52. The third kappa shape index (κ3) is 2.34. The predicted molar refractivity (Wildman–Crippen MR) is 104 cm³/mol. The van der Waals surface area contributed by atoms with Crippen molar-refractivity contribution >= 4 is 69.6 Å². The van der Waals surface area contributed by atoms with Gasteiger partial charge in [0.15, 0.2) is 0 Å². The molecule has 0 amide bonds. The molecular formula is C18H10Br3N. The van der Waals surface area contributed by atoms with Crippen LogP contribution in [0.5, 0.6) is 0 Å². The molecule has 22 heavy (non-hydrogen) atoms. The summed E-state index contributed by atoms with van der Waals surface area (Å²) in [5.41, 5.74) is 3.57. The van der Waals surface area contributed by atoms with E-state index in [9.17, 15) is 0 Å². The molecule has 0 saturated heterocycles. The number of benzene rings is 3. The van der Waals surface area contributed by atoms with E-state index in [2.05, 4.69) is 113 Å². The van der Waals surface area contributed by atoms with Gasteiger partial charge in [-0.3, -0.25) is 0 Å². The van der Waals surface area contributed by atoms with Crippen LogP contribution in [-0.2, 0) is 0 Å². The Hall–Kier alpha value is -1.10. The Morgan fingerprint density at radius 3 is 1.50 bits per heavy atom. The SMILES string of the molecule is Brc1ccc(-n2c3ccc(Br)cc3c3cc(Br)ccc32)cc1. The largest absolute Gasteiger partial charge is 0.309 e. The van der Waals surface area contributed by atoms with Gasteiger partial charge in [0.1, 0.15) is 0 Å². The van der Waals surface area contributed by atoms with Crippen molar-refractivity contribution in [3.05, 3.63) is 74.1 Å². The monoisotopic (exact) mass is 477 g/mol. The molecule has 1 heterocycles. The number of fused-ring (bicyclic) bond motifs is 3. The molecule has 0 aliphatic heterocycles. The van der Waals surface area contributed by atoms with Gasteiger partial charge < -0.3 is 4.57 Å². The average molecular weight is 480 g/mol. The maximum absolute atomic E-state index is 3.58. The summed E-state index contributed by atoms with van der Waals surface area (Å²) in [4.78, 5) is 0. The molecule has 0 bridgehead atoms. The topological polar surface area (TPSA) is 4.93 Å². The van der Waals surface area contributed by atoms with Crippen molar-refractivity contribution in [2.45, 2.75) is 0 Å². The molecule has 0 saturated carbocycles. The molecule has 1 nitrogen and oxygen atoms in total. The zero-order valence-electron chi connectivity index (χ0n) is 11.4. The van der Waals surface area contributed by atoms with Gasteiger partial charge in [-0.2, -0.15) is 0 Å². The van der Waals surface area contributed by atoms with Crippen LogP contribution in [0.3, 0.4) is 0 Å². The summed E-state index contributed by atoms with van der Waals surface area (Å²) < 4.78 is 5.57. The van der Waals surface area contributed by atoms with Gasteiger partial charge in [-0.1, -0.05) is 47.8 Å². The number of nitrogens with zero attached hydrogens (tertiary/aromatic N) is 1. The molecule has 3 aromatic carbocycles. The van der Waals surface area contributed by atoms with Crippen LogP contribution in [0.4, 0.5) is 0 Å². The van der Waals surface area contributed by atoms with Gasteiger partial charge >= 0.3 is 0 Å². The van der Waals surface area contributed by atoms with Crippen LogP contribution < -0.4 is 0 Å². The molecular weight excluding hydrogens is 470 g/mol. The van der Waals surface area contributed by atoms with Crippen LogP contribution >= 0.6 is 47.8 Å². The van der Waals surface area contributed by atoms with Crippen molar-refractivity contribution in [2.75, 3.05) is 0 Å². The van der Waals surface area contributed by atoms with E-state index in [0.717, 1.165) is 19.1 Å². The molecule has 4 aromatic rings. The first-order valence-electron chi connectivity index (χ1n) is 6.79. The summed E-state index contributed by atoms with van der Waals surface area (Å²) >= 11 is 10.7. The minimum absolute atomic E-state index is 1.09.